The Balaban J connectivity index is 1.69. The molecule has 0 saturated carbocycles. The SMILES string of the molecule is Cc1cc(C(=O)Nc2cccc(-c3cnco3)c2)c2c(C)noc2n1. The Morgan fingerprint density at radius 3 is 2.88 bits per heavy atom. The number of aryl methyl sites for hydroxylation is 2. The fraction of sp³-hybridized carbons (Fsp3) is 0.111. The number of nitrogens with one attached hydrogen (secondary N) is 1. The third-order valence-corrected chi connectivity index (χ3v) is 3.83. The van der Waals surface area contributed by atoms with Gasteiger partial charge in [0.05, 0.1) is 22.8 Å². The van der Waals surface area contributed by atoms with E-state index in [1.807, 2.05) is 24.3 Å². The number of fused-ring (bicyclic) bond motifs is 1. The van der Waals surface area contributed by atoms with E-state index >= 15 is 0 Å². The molecule has 4 aromatic rings. The fourth-order valence-electron chi connectivity index (χ4n) is 2.70. The number of hydrogen-bond acceptors (Lipinski definition) is 6. The van der Waals surface area contributed by atoms with E-state index < -0.39 is 0 Å². The molecule has 0 saturated heterocycles. The van der Waals surface area contributed by atoms with Crippen LogP contribution in [0.4, 0.5) is 5.69 Å². The number of benzene rings is 1. The Bertz CT molecular complexity index is 1070. The van der Waals surface area contributed by atoms with Crippen LogP contribution in [0, 0.1) is 13.8 Å². The monoisotopic (exact) mass is 334 g/mol. The van der Waals surface area contributed by atoms with Crippen LogP contribution in [0.15, 0.2) is 51.9 Å². The second-order valence-electron chi connectivity index (χ2n) is 5.66. The minimum atomic E-state index is -0.253. The molecule has 1 amide bonds. The van der Waals surface area contributed by atoms with Crippen LogP contribution in [0.3, 0.4) is 0 Å². The summed E-state index contributed by atoms with van der Waals surface area (Å²) in [7, 11) is 0. The molecule has 3 heterocycles. The zero-order chi connectivity index (χ0) is 17.4. The van der Waals surface area contributed by atoms with Gasteiger partial charge in [-0.1, -0.05) is 17.3 Å². The maximum Gasteiger partial charge on any atom is 0.258 e. The van der Waals surface area contributed by atoms with E-state index in [-0.39, 0.29) is 5.91 Å². The molecule has 0 aliphatic carbocycles. The molecule has 0 aliphatic rings. The topological polar surface area (TPSA) is 94.1 Å². The van der Waals surface area contributed by atoms with Gasteiger partial charge in [-0.2, -0.15) is 0 Å². The average molecular weight is 334 g/mol. The number of rotatable bonds is 3. The number of amides is 1. The zero-order valence-corrected chi connectivity index (χ0v) is 13.6. The van der Waals surface area contributed by atoms with Crippen LogP contribution in [0.5, 0.6) is 0 Å². The van der Waals surface area contributed by atoms with Gasteiger partial charge in [0.2, 0.25) is 0 Å². The first-order chi connectivity index (χ1) is 12.1. The van der Waals surface area contributed by atoms with E-state index in [9.17, 15) is 4.79 Å². The van der Waals surface area contributed by atoms with Crippen LogP contribution in [-0.2, 0) is 0 Å². The highest BCUT2D eigenvalue weighted by atomic mass is 16.5. The van der Waals surface area contributed by atoms with E-state index in [0.29, 0.717) is 39.5 Å². The van der Waals surface area contributed by atoms with Gasteiger partial charge >= 0.3 is 0 Å². The van der Waals surface area contributed by atoms with E-state index in [1.54, 1.807) is 26.1 Å². The molecule has 0 aliphatic heterocycles. The number of hydrogen-bond donors (Lipinski definition) is 1. The van der Waals surface area contributed by atoms with Crippen molar-refractivity contribution < 1.29 is 13.7 Å². The van der Waals surface area contributed by atoms with Gasteiger partial charge < -0.3 is 14.3 Å². The van der Waals surface area contributed by atoms with Crippen molar-refractivity contribution in [3.63, 3.8) is 0 Å². The summed E-state index contributed by atoms with van der Waals surface area (Å²) < 4.78 is 10.5. The molecule has 0 atom stereocenters. The highest BCUT2D eigenvalue weighted by molar-refractivity contribution is 6.12. The molecule has 0 fully saturated rings. The molecular weight excluding hydrogens is 320 g/mol. The van der Waals surface area contributed by atoms with Gasteiger partial charge in [-0.3, -0.25) is 4.79 Å². The summed E-state index contributed by atoms with van der Waals surface area (Å²) in [5, 5.41) is 7.42. The normalized spacial score (nSPS) is 11.0. The molecule has 0 radical (unpaired) electrons. The van der Waals surface area contributed by atoms with Crippen molar-refractivity contribution in [3.05, 3.63) is 59.9 Å². The fourth-order valence-corrected chi connectivity index (χ4v) is 2.70. The second kappa shape index (κ2) is 5.86. The molecule has 0 unspecified atom stereocenters. The van der Waals surface area contributed by atoms with Crippen molar-refractivity contribution in [3.8, 4) is 11.3 Å². The highest BCUT2D eigenvalue weighted by Crippen LogP contribution is 2.25. The van der Waals surface area contributed by atoms with Crippen molar-refractivity contribution in [1.82, 2.24) is 15.1 Å². The van der Waals surface area contributed by atoms with Crippen LogP contribution >= 0.6 is 0 Å². The first-order valence-corrected chi connectivity index (χ1v) is 7.66. The third kappa shape index (κ3) is 2.76. The smallest absolute Gasteiger partial charge is 0.258 e. The zero-order valence-electron chi connectivity index (χ0n) is 13.6. The number of pyridine rings is 1. The molecule has 4 rings (SSSR count). The summed E-state index contributed by atoms with van der Waals surface area (Å²) in [5.41, 5.74) is 3.62. The minimum Gasteiger partial charge on any atom is -0.444 e. The Kier molecular flexibility index (Phi) is 3.53. The third-order valence-electron chi connectivity index (χ3n) is 3.83. The van der Waals surface area contributed by atoms with E-state index in [1.165, 1.54) is 6.39 Å². The molecule has 3 aromatic heterocycles. The Labute approximate surface area is 142 Å². The summed E-state index contributed by atoms with van der Waals surface area (Å²) in [6.45, 7) is 3.59. The van der Waals surface area contributed by atoms with Gasteiger partial charge in [-0.25, -0.2) is 9.97 Å². The number of anilines is 1. The standard InChI is InChI=1S/C18H14N4O3/c1-10-6-14(16-11(2)22-25-18(16)20-10)17(23)21-13-5-3-4-12(7-13)15-8-19-9-24-15/h3-9H,1-2H3,(H,21,23). The van der Waals surface area contributed by atoms with Gasteiger partial charge in [-0.05, 0) is 32.0 Å². The molecule has 7 heteroatoms. The maximum absolute atomic E-state index is 12.8. The number of nitrogens with zero attached hydrogens (tertiary/aromatic N) is 3. The number of aromatic nitrogens is 3. The van der Waals surface area contributed by atoms with E-state index in [2.05, 4.69) is 20.4 Å². The lowest BCUT2D eigenvalue weighted by Crippen LogP contribution is -2.13. The first-order valence-electron chi connectivity index (χ1n) is 7.66. The van der Waals surface area contributed by atoms with Crippen LogP contribution in [-0.4, -0.2) is 21.0 Å². The predicted octanol–water partition coefficient (Wildman–Crippen LogP) is 3.75. The Morgan fingerprint density at radius 2 is 2.08 bits per heavy atom. The lowest BCUT2D eigenvalue weighted by Gasteiger charge is -2.08. The van der Waals surface area contributed by atoms with Crippen LogP contribution < -0.4 is 5.32 Å². The molecule has 0 spiro atoms. The van der Waals surface area contributed by atoms with Crippen molar-refractivity contribution >= 4 is 22.7 Å². The molecule has 7 nitrogen and oxygen atoms in total. The molecule has 25 heavy (non-hydrogen) atoms. The minimum absolute atomic E-state index is 0.253. The lowest BCUT2D eigenvalue weighted by molar-refractivity contribution is 0.102. The van der Waals surface area contributed by atoms with Crippen LogP contribution in [0.25, 0.3) is 22.4 Å². The second-order valence-corrected chi connectivity index (χ2v) is 5.66. The maximum atomic E-state index is 12.8. The van der Waals surface area contributed by atoms with Gasteiger partial charge in [0, 0.05) is 16.9 Å². The summed E-state index contributed by atoms with van der Waals surface area (Å²) >= 11 is 0. The van der Waals surface area contributed by atoms with Crippen molar-refractivity contribution in [1.29, 1.82) is 0 Å². The predicted molar refractivity (Wildman–Crippen MR) is 91.2 cm³/mol. The molecule has 124 valence electrons. The van der Waals surface area contributed by atoms with Crippen LogP contribution in [0.2, 0.25) is 0 Å². The summed E-state index contributed by atoms with van der Waals surface area (Å²) in [4.78, 5) is 21.0. The number of oxazole rings is 1. The Morgan fingerprint density at radius 1 is 1.20 bits per heavy atom. The highest BCUT2D eigenvalue weighted by Gasteiger charge is 2.18. The molecule has 1 N–H and O–H groups in total. The van der Waals surface area contributed by atoms with Crippen molar-refractivity contribution in [2.75, 3.05) is 5.32 Å². The van der Waals surface area contributed by atoms with E-state index in [4.69, 9.17) is 8.94 Å². The van der Waals surface area contributed by atoms with Crippen molar-refractivity contribution in [2.24, 2.45) is 0 Å². The van der Waals surface area contributed by atoms with Gasteiger partial charge in [0.15, 0.2) is 12.2 Å². The lowest BCUT2D eigenvalue weighted by atomic mass is 10.1. The number of carbonyl (C=O) groups excluding carboxylic acids is 1. The summed E-state index contributed by atoms with van der Waals surface area (Å²) in [6, 6.07) is 9.08. The van der Waals surface area contributed by atoms with Crippen molar-refractivity contribution in [2.45, 2.75) is 13.8 Å². The first kappa shape index (κ1) is 15.1. The number of carbonyl (C=O) groups is 1. The Hall–Kier alpha value is -3.48. The average Bonchev–Trinajstić information content (AvgIpc) is 3.25. The summed E-state index contributed by atoms with van der Waals surface area (Å²) in [5.74, 6) is 0.379. The molecule has 1 aromatic carbocycles. The van der Waals surface area contributed by atoms with Crippen LogP contribution in [0.1, 0.15) is 21.7 Å². The summed E-state index contributed by atoms with van der Waals surface area (Å²) in [6.07, 6.45) is 2.99. The van der Waals surface area contributed by atoms with Gasteiger partial charge in [-0.15, -0.1) is 0 Å². The quantitative estimate of drug-likeness (QED) is 0.613. The van der Waals surface area contributed by atoms with E-state index in [0.717, 1.165) is 5.56 Å². The van der Waals surface area contributed by atoms with Gasteiger partial charge in [0.1, 0.15) is 0 Å². The molecular formula is C18H14N4O3. The largest absolute Gasteiger partial charge is 0.444 e. The van der Waals surface area contributed by atoms with Gasteiger partial charge in [0.25, 0.3) is 11.6 Å². The molecule has 0 bridgehead atoms.